The topological polar surface area (TPSA) is 63.7 Å². The fraction of sp³-hybridized carbons (Fsp3) is 0.333. The van der Waals surface area contributed by atoms with Gasteiger partial charge in [-0.1, -0.05) is 18.2 Å². The second-order valence-corrected chi connectivity index (χ2v) is 7.65. The van der Waals surface area contributed by atoms with Crippen LogP contribution >= 0.6 is 11.3 Å². The minimum Gasteiger partial charge on any atom is -0.493 e. The number of methoxy groups -OCH3 is 2. The molecule has 0 aliphatic heterocycles. The largest absolute Gasteiger partial charge is 0.493 e. The number of nitrogens with one attached hydrogen (secondary N) is 1. The van der Waals surface area contributed by atoms with Crippen LogP contribution in [-0.2, 0) is 17.8 Å². The molecule has 2 aromatic carbocycles. The molecule has 0 bridgehead atoms. The molecule has 0 aliphatic carbocycles. The SMILES string of the molecule is COc1ccc(CN(C)CC(=O)NCCc2nc3ccccc3s2)cc1OC. The molecule has 1 aromatic heterocycles. The highest BCUT2D eigenvalue weighted by Crippen LogP contribution is 2.27. The number of benzene rings is 2. The normalized spacial score (nSPS) is 11.0. The van der Waals surface area contributed by atoms with E-state index in [1.54, 1.807) is 25.6 Å². The first kappa shape index (κ1) is 20.1. The Hall–Kier alpha value is -2.64. The van der Waals surface area contributed by atoms with Crippen LogP contribution in [0.1, 0.15) is 10.6 Å². The summed E-state index contributed by atoms with van der Waals surface area (Å²) in [5, 5.41) is 4.02. The number of carbonyl (C=O) groups is 1. The molecule has 0 unspecified atom stereocenters. The second kappa shape index (κ2) is 9.52. The van der Waals surface area contributed by atoms with Crippen molar-refractivity contribution in [3.05, 3.63) is 53.0 Å². The van der Waals surface area contributed by atoms with Crippen molar-refractivity contribution in [1.82, 2.24) is 15.2 Å². The average Bonchev–Trinajstić information content (AvgIpc) is 3.10. The Labute approximate surface area is 169 Å². The van der Waals surface area contributed by atoms with Gasteiger partial charge in [0.25, 0.3) is 0 Å². The predicted molar refractivity (Wildman–Crippen MR) is 112 cm³/mol. The Bertz CT molecular complexity index is 909. The van der Waals surface area contributed by atoms with E-state index >= 15 is 0 Å². The molecule has 1 N–H and O–H groups in total. The summed E-state index contributed by atoms with van der Waals surface area (Å²) in [5.74, 6) is 1.39. The Kier molecular flexibility index (Phi) is 6.84. The maximum atomic E-state index is 12.2. The van der Waals surface area contributed by atoms with Crippen LogP contribution in [-0.4, -0.2) is 50.1 Å². The molecule has 7 heteroatoms. The standard InChI is InChI=1S/C21H25N3O3S/c1-24(13-15-8-9-17(26-2)18(12-15)27-3)14-20(25)22-11-10-21-23-16-6-4-5-7-19(16)28-21/h4-9,12H,10-11,13-14H2,1-3H3,(H,22,25). The van der Waals surface area contributed by atoms with Crippen LogP contribution in [0.25, 0.3) is 10.2 Å². The number of rotatable bonds is 9. The smallest absolute Gasteiger partial charge is 0.234 e. The maximum absolute atomic E-state index is 12.2. The zero-order valence-electron chi connectivity index (χ0n) is 16.4. The first-order valence-electron chi connectivity index (χ1n) is 9.09. The molecule has 1 heterocycles. The van der Waals surface area contributed by atoms with Gasteiger partial charge in [-0.25, -0.2) is 4.98 Å². The number of ether oxygens (including phenoxy) is 2. The van der Waals surface area contributed by atoms with Gasteiger partial charge in [0, 0.05) is 19.5 Å². The van der Waals surface area contributed by atoms with Crippen molar-refractivity contribution in [2.75, 3.05) is 34.4 Å². The number of aromatic nitrogens is 1. The Morgan fingerprint density at radius 2 is 1.93 bits per heavy atom. The molecule has 0 aliphatic rings. The Morgan fingerprint density at radius 1 is 1.14 bits per heavy atom. The summed E-state index contributed by atoms with van der Waals surface area (Å²) in [7, 11) is 5.15. The Morgan fingerprint density at radius 3 is 2.68 bits per heavy atom. The van der Waals surface area contributed by atoms with Gasteiger partial charge in [0.2, 0.25) is 5.91 Å². The first-order valence-corrected chi connectivity index (χ1v) is 9.91. The van der Waals surface area contributed by atoms with Crippen molar-refractivity contribution < 1.29 is 14.3 Å². The molecule has 0 atom stereocenters. The lowest BCUT2D eigenvalue weighted by atomic mass is 10.2. The number of fused-ring (bicyclic) bond motifs is 1. The van der Waals surface area contributed by atoms with E-state index in [0.717, 1.165) is 22.5 Å². The molecule has 0 saturated carbocycles. The van der Waals surface area contributed by atoms with Crippen molar-refractivity contribution in [2.45, 2.75) is 13.0 Å². The van der Waals surface area contributed by atoms with Crippen LogP contribution in [0, 0.1) is 0 Å². The van der Waals surface area contributed by atoms with Gasteiger partial charge < -0.3 is 14.8 Å². The van der Waals surface area contributed by atoms with Crippen molar-refractivity contribution >= 4 is 27.5 Å². The molecule has 148 valence electrons. The third kappa shape index (κ3) is 5.21. The molecule has 0 spiro atoms. The van der Waals surface area contributed by atoms with Gasteiger partial charge in [0.05, 0.1) is 36.0 Å². The summed E-state index contributed by atoms with van der Waals surface area (Å²) < 4.78 is 11.8. The zero-order valence-corrected chi connectivity index (χ0v) is 17.2. The fourth-order valence-electron chi connectivity index (χ4n) is 2.98. The zero-order chi connectivity index (χ0) is 19.9. The molecule has 28 heavy (non-hydrogen) atoms. The van der Waals surface area contributed by atoms with E-state index in [1.807, 2.05) is 48.3 Å². The van der Waals surface area contributed by atoms with Crippen LogP contribution in [0.15, 0.2) is 42.5 Å². The molecular formula is C21H25N3O3S. The summed E-state index contributed by atoms with van der Waals surface area (Å²) in [6, 6.07) is 13.9. The van der Waals surface area contributed by atoms with Gasteiger partial charge in [0.1, 0.15) is 0 Å². The van der Waals surface area contributed by atoms with E-state index in [9.17, 15) is 4.79 Å². The lowest BCUT2D eigenvalue weighted by molar-refractivity contribution is -0.122. The second-order valence-electron chi connectivity index (χ2n) is 6.54. The number of hydrogen-bond acceptors (Lipinski definition) is 6. The van der Waals surface area contributed by atoms with Crippen LogP contribution in [0.4, 0.5) is 0 Å². The number of nitrogens with zero attached hydrogens (tertiary/aromatic N) is 2. The fourth-order valence-corrected chi connectivity index (χ4v) is 3.95. The van der Waals surface area contributed by atoms with Crippen LogP contribution in [0.2, 0.25) is 0 Å². The van der Waals surface area contributed by atoms with Crippen molar-refractivity contribution in [3.63, 3.8) is 0 Å². The van der Waals surface area contributed by atoms with E-state index in [-0.39, 0.29) is 5.91 Å². The number of thiazole rings is 1. The third-order valence-electron chi connectivity index (χ3n) is 4.31. The van der Waals surface area contributed by atoms with E-state index in [0.29, 0.717) is 31.1 Å². The van der Waals surface area contributed by atoms with Crippen molar-refractivity contribution in [3.8, 4) is 11.5 Å². The lowest BCUT2D eigenvalue weighted by Crippen LogP contribution is -2.35. The summed E-state index contributed by atoms with van der Waals surface area (Å²) >= 11 is 1.68. The quantitative estimate of drug-likeness (QED) is 0.599. The summed E-state index contributed by atoms with van der Waals surface area (Å²) in [4.78, 5) is 18.8. The number of para-hydroxylation sites is 1. The minimum absolute atomic E-state index is 0.00378. The van der Waals surface area contributed by atoms with Gasteiger partial charge in [-0.05, 0) is 36.9 Å². The van der Waals surface area contributed by atoms with Crippen molar-refractivity contribution in [1.29, 1.82) is 0 Å². The lowest BCUT2D eigenvalue weighted by Gasteiger charge is -2.17. The Balaban J connectivity index is 1.45. The molecule has 3 aromatic rings. The number of hydrogen-bond donors (Lipinski definition) is 1. The number of carbonyl (C=O) groups excluding carboxylic acids is 1. The van der Waals surface area contributed by atoms with Gasteiger partial charge in [0.15, 0.2) is 11.5 Å². The van der Waals surface area contributed by atoms with Gasteiger partial charge in [-0.15, -0.1) is 11.3 Å². The summed E-state index contributed by atoms with van der Waals surface area (Å²) in [6.07, 6.45) is 0.741. The minimum atomic E-state index is 0.00378. The monoisotopic (exact) mass is 399 g/mol. The summed E-state index contributed by atoms with van der Waals surface area (Å²) in [5.41, 5.74) is 2.07. The van der Waals surface area contributed by atoms with Gasteiger partial charge in [-0.2, -0.15) is 0 Å². The number of amides is 1. The molecule has 0 saturated heterocycles. The highest BCUT2D eigenvalue weighted by atomic mass is 32.1. The molecule has 0 fully saturated rings. The molecule has 6 nitrogen and oxygen atoms in total. The van der Waals surface area contributed by atoms with Gasteiger partial charge in [-0.3, -0.25) is 9.69 Å². The average molecular weight is 400 g/mol. The third-order valence-corrected chi connectivity index (χ3v) is 5.41. The molecular weight excluding hydrogens is 374 g/mol. The first-order chi connectivity index (χ1) is 13.6. The molecule has 1 amide bonds. The van der Waals surface area contributed by atoms with Gasteiger partial charge >= 0.3 is 0 Å². The van der Waals surface area contributed by atoms with Crippen LogP contribution < -0.4 is 14.8 Å². The summed E-state index contributed by atoms with van der Waals surface area (Å²) in [6.45, 7) is 1.56. The van der Waals surface area contributed by atoms with E-state index in [4.69, 9.17) is 9.47 Å². The van der Waals surface area contributed by atoms with Crippen molar-refractivity contribution in [2.24, 2.45) is 0 Å². The maximum Gasteiger partial charge on any atom is 0.234 e. The predicted octanol–water partition coefficient (Wildman–Crippen LogP) is 3.10. The molecule has 0 radical (unpaired) electrons. The highest BCUT2D eigenvalue weighted by Gasteiger charge is 2.10. The van der Waals surface area contributed by atoms with E-state index in [2.05, 4.69) is 16.4 Å². The highest BCUT2D eigenvalue weighted by molar-refractivity contribution is 7.18. The number of likely N-dealkylation sites (N-methyl/N-ethyl adjacent to an activating group) is 1. The van der Waals surface area contributed by atoms with Crippen LogP contribution in [0.5, 0.6) is 11.5 Å². The van der Waals surface area contributed by atoms with E-state index in [1.165, 1.54) is 4.70 Å². The molecule has 3 rings (SSSR count). The van der Waals surface area contributed by atoms with Crippen LogP contribution in [0.3, 0.4) is 0 Å². The van der Waals surface area contributed by atoms with E-state index < -0.39 is 0 Å².